The fraction of sp³-hybridized carbons (Fsp3) is 0.556. The van der Waals surface area contributed by atoms with Crippen LogP contribution in [0.2, 0.25) is 5.28 Å². The first-order chi connectivity index (χ1) is 6.27. The second-order valence-corrected chi connectivity index (χ2v) is 3.67. The van der Waals surface area contributed by atoms with Crippen LogP contribution in [0, 0.1) is 6.92 Å². The van der Waals surface area contributed by atoms with E-state index in [9.17, 15) is 0 Å². The van der Waals surface area contributed by atoms with Crippen molar-refractivity contribution in [2.45, 2.75) is 25.8 Å². The van der Waals surface area contributed by atoms with Gasteiger partial charge in [0.1, 0.15) is 0 Å². The Morgan fingerprint density at radius 2 is 2.46 bits per heavy atom. The standard InChI is InChI=1S/C9H12ClN3/c1-6-7(5-12-9(10)13-6)8-3-2-4-11-8/h5,8,11H,2-4H2,1H3. The van der Waals surface area contributed by atoms with Gasteiger partial charge in [0.15, 0.2) is 0 Å². The Kier molecular flexibility index (Phi) is 2.47. The van der Waals surface area contributed by atoms with Crippen molar-refractivity contribution in [1.82, 2.24) is 15.3 Å². The Bertz CT molecular complexity index is 308. The zero-order valence-corrected chi connectivity index (χ0v) is 8.30. The van der Waals surface area contributed by atoms with Gasteiger partial charge in [-0.3, -0.25) is 0 Å². The van der Waals surface area contributed by atoms with E-state index in [1.165, 1.54) is 18.4 Å². The second-order valence-electron chi connectivity index (χ2n) is 3.33. The first kappa shape index (κ1) is 8.91. The van der Waals surface area contributed by atoms with Crippen LogP contribution in [-0.4, -0.2) is 16.5 Å². The Morgan fingerprint density at radius 3 is 3.08 bits per heavy atom. The molecule has 2 heterocycles. The summed E-state index contributed by atoms with van der Waals surface area (Å²) in [4.78, 5) is 8.13. The number of aryl methyl sites for hydroxylation is 1. The number of hydrogen-bond acceptors (Lipinski definition) is 3. The molecule has 3 nitrogen and oxygen atoms in total. The molecular weight excluding hydrogens is 186 g/mol. The molecule has 1 fully saturated rings. The first-order valence-electron chi connectivity index (χ1n) is 4.50. The summed E-state index contributed by atoms with van der Waals surface area (Å²) >= 11 is 5.68. The fourth-order valence-electron chi connectivity index (χ4n) is 1.74. The Hall–Kier alpha value is -0.670. The van der Waals surface area contributed by atoms with E-state index >= 15 is 0 Å². The summed E-state index contributed by atoms with van der Waals surface area (Å²) in [5.74, 6) is 0. The summed E-state index contributed by atoms with van der Waals surface area (Å²) < 4.78 is 0. The molecule has 1 aromatic rings. The summed E-state index contributed by atoms with van der Waals surface area (Å²) in [7, 11) is 0. The molecule has 4 heteroatoms. The third-order valence-electron chi connectivity index (χ3n) is 2.42. The maximum Gasteiger partial charge on any atom is 0.222 e. The zero-order chi connectivity index (χ0) is 9.26. The smallest absolute Gasteiger partial charge is 0.222 e. The molecule has 1 saturated heterocycles. The van der Waals surface area contributed by atoms with Crippen LogP contribution in [0.4, 0.5) is 0 Å². The van der Waals surface area contributed by atoms with Gasteiger partial charge in [0.2, 0.25) is 5.28 Å². The van der Waals surface area contributed by atoms with Crippen molar-refractivity contribution in [3.05, 3.63) is 22.7 Å². The average molecular weight is 198 g/mol. The summed E-state index contributed by atoms with van der Waals surface area (Å²) in [5.41, 5.74) is 2.17. The molecule has 0 amide bonds. The van der Waals surface area contributed by atoms with Crippen molar-refractivity contribution in [2.24, 2.45) is 0 Å². The topological polar surface area (TPSA) is 37.8 Å². The van der Waals surface area contributed by atoms with Crippen LogP contribution in [0.1, 0.15) is 30.1 Å². The molecule has 0 saturated carbocycles. The lowest BCUT2D eigenvalue weighted by Crippen LogP contribution is -2.14. The minimum absolute atomic E-state index is 0.333. The number of rotatable bonds is 1. The van der Waals surface area contributed by atoms with Crippen LogP contribution < -0.4 is 5.32 Å². The number of aromatic nitrogens is 2. The average Bonchev–Trinajstić information content (AvgIpc) is 2.56. The fourth-order valence-corrected chi connectivity index (χ4v) is 1.92. The molecule has 0 radical (unpaired) electrons. The highest BCUT2D eigenvalue weighted by atomic mass is 35.5. The predicted octanol–water partition coefficient (Wildman–Crippen LogP) is 1.86. The highest BCUT2D eigenvalue weighted by Crippen LogP contribution is 2.24. The minimum Gasteiger partial charge on any atom is -0.310 e. The lowest BCUT2D eigenvalue weighted by molar-refractivity contribution is 0.636. The molecule has 0 aromatic carbocycles. The van der Waals surface area contributed by atoms with Gasteiger partial charge in [-0.1, -0.05) is 0 Å². The van der Waals surface area contributed by atoms with Gasteiger partial charge in [-0.05, 0) is 37.9 Å². The molecule has 2 rings (SSSR count). The monoisotopic (exact) mass is 197 g/mol. The number of hydrogen-bond donors (Lipinski definition) is 1. The molecular formula is C9H12ClN3. The second kappa shape index (κ2) is 3.60. The van der Waals surface area contributed by atoms with Crippen LogP contribution >= 0.6 is 11.6 Å². The molecule has 1 aromatic heterocycles. The van der Waals surface area contributed by atoms with Crippen LogP contribution in [0.5, 0.6) is 0 Å². The first-order valence-corrected chi connectivity index (χ1v) is 4.87. The summed E-state index contributed by atoms with van der Waals surface area (Å²) in [6.45, 7) is 3.07. The lowest BCUT2D eigenvalue weighted by Gasteiger charge is -2.11. The van der Waals surface area contributed by atoms with Crippen LogP contribution in [0.25, 0.3) is 0 Å². The zero-order valence-electron chi connectivity index (χ0n) is 7.55. The van der Waals surface area contributed by atoms with E-state index in [0.29, 0.717) is 11.3 Å². The van der Waals surface area contributed by atoms with Gasteiger partial charge >= 0.3 is 0 Å². The molecule has 13 heavy (non-hydrogen) atoms. The van der Waals surface area contributed by atoms with Crippen molar-refractivity contribution in [1.29, 1.82) is 0 Å². The molecule has 1 aliphatic heterocycles. The minimum atomic E-state index is 0.333. The number of nitrogens with zero attached hydrogens (tertiary/aromatic N) is 2. The molecule has 0 aliphatic carbocycles. The van der Waals surface area contributed by atoms with Gasteiger partial charge in [0.25, 0.3) is 0 Å². The van der Waals surface area contributed by atoms with Gasteiger partial charge in [-0.2, -0.15) is 0 Å². The van der Waals surface area contributed by atoms with E-state index in [-0.39, 0.29) is 0 Å². The molecule has 1 N–H and O–H groups in total. The molecule has 0 spiro atoms. The summed E-state index contributed by atoms with van der Waals surface area (Å²) in [5, 5.41) is 3.74. The van der Waals surface area contributed by atoms with Gasteiger partial charge in [0.05, 0.1) is 0 Å². The molecule has 0 bridgehead atoms. The molecule has 1 unspecified atom stereocenters. The van der Waals surface area contributed by atoms with Gasteiger partial charge in [-0.25, -0.2) is 9.97 Å². The van der Waals surface area contributed by atoms with E-state index in [1.807, 2.05) is 13.1 Å². The third kappa shape index (κ3) is 1.81. The van der Waals surface area contributed by atoms with Crippen molar-refractivity contribution in [3.8, 4) is 0 Å². The highest BCUT2D eigenvalue weighted by molar-refractivity contribution is 6.28. The van der Waals surface area contributed by atoms with Crippen LogP contribution in [0.15, 0.2) is 6.20 Å². The van der Waals surface area contributed by atoms with E-state index in [0.717, 1.165) is 12.2 Å². The summed E-state index contributed by atoms with van der Waals surface area (Å²) in [6, 6.07) is 0.428. The lowest BCUT2D eigenvalue weighted by atomic mass is 10.1. The molecule has 1 atom stereocenters. The molecule has 70 valence electrons. The van der Waals surface area contributed by atoms with Crippen molar-refractivity contribution in [2.75, 3.05) is 6.54 Å². The van der Waals surface area contributed by atoms with Crippen molar-refractivity contribution in [3.63, 3.8) is 0 Å². The van der Waals surface area contributed by atoms with E-state index in [4.69, 9.17) is 11.6 Å². The van der Waals surface area contributed by atoms with E-state index in [2.05, 4.69) is 15.3 Å². The van der Waals surface area contributed by atoms with E-state index in [1.54, 1.807) is 0 Å². The van der Waals surface area contributed by atoms with Crippen molar-refractivity contribution >= 4 is 11.6 Å². The normalized spacial score (nSPS) is 22.2. The Balaban J connectivity index is 2.29. The van der Waals surface area contributed by atoms with Gasteiger partial charge < -0.3 is 5.32 Å². The van der Waals surface area contributed by atoms with E-state index < -0.39 is 0 Å². The SMILES string of the molecule is Cc1nc(Cl)ncc1C1CCCN1. The predicted molar refractivity (Wildman–Crippen MR) is 51.8 cm³/mol. The quantitative estimate of drug-likeness (QED) is 0.699. The van der Waals surface area contributed by atoms with Gasteiger partial charge in [-0.15, -0.1) is 0 Å². The largest absolute Gasteiger partial charge is 0.310 e. The Labute approximate surface area is 82.5 Å². The maximum atomic E-state index is 5.68. The van der Waals surface area contributed by atoms with Crippen molar-refractivity contribution < 1.29 is 0 Å². The van der Waals surface area contributed by atoms with Crippen LogP contribution in [-0.2, 0) is 0 Å². The van der Waals surface area contributed by atoms with Gasteiger partial charge in [0, 0.05) is 23.5 Å². The number of halogens is 1. The van der Waals surface area contributed by atoms with Crippen LogP contribution in [0.3, 0.4) is 0 Å². The summed E-state index contributed by atoms with van der Waals surface area (Å²) in [6.07, 6.45) is 4.23. The highest BCUT2D eigenvalue weighted by Gasteiger charge is 2.18. The molecule has 1 aliphatic rings. The number of nitrogens with one attached hydrogen (secondary N) is 1. The third-order valence-corrected chi connectivity index (χ3v) is 2.61. The maximum absolute atomic E-state index is 5.68. The Morgan fingerprint density at radius 1 is 1.62 bits per heavy atom.